The van der Waals surface area contributed by atoms with Crippen molar-refractivity contribution >= 4 is 44.2 Å². The maximum absolute atomic E-state index is 13.1. The third-order valence-corrected chi connectivity index (χ3v) is 6.29. The van der Waals surface area contributed by atoms with Gasteiger partial charge >= 0.3 is 12.1 Å². The first-order chi connectivity index (χ1) is 17.4. The lowest BCUT2D eigenvalue weighted by molar-refractivity contribution is -0.192. The zero-order valence-electron chi connectivity index (χ0n) is 21.0. The third kappa shape index (κ3) is 7.91. The summed E-state index contributed by atoms with van der Waals surface area (Å²) in [6.45, 7) is 4.61. The molecule has 0 aliphatic carbocycles. The van der Waals surface area contributed by atoms with Crippen LogP contribution in [0.15, 0.2) is 29.1 Å². The lowest BCUT2D eigenvalue weighted by Crippen LogP contribution is -2.27. The van der Waals surface area contributed by atoms with Crippen LogP contribution in [0.1, 0.15) is 23.0 Å². The first-order valence-electron chi connectivity index (χ1n) is 11.4. The fourth-order valence-electron chi connectivity index (χ4n) is 3.35. The molecule has 2 aromatic heterocycles. The molecule has 1 aromatic carbocycles. The Bertz CT molecular complexity index is 1290. The molecular formula is C24H30F3N3O6S. The smallest absolute Gasteiger partial charge is 0.489 e. The number of para-hydroxylation sites is 1. The van der Waals surface area contributed by atoms with Crippen LogP contribution in [0.2, 0.25) is 0 Å². The minimum atomic E-state index is -5.08. The summed E-state index contributed by atoms with van der Waals surface area (Å²) in [5.74, 6) is -2.62. The van der Waals surface area contributed by atoms with Crippen molar-refractivity contribution in [1.82, 2.24) is 14.8 Å². The predicted molar refractivity (Wildman–Crippen MR) is 136 cm³/mol. The molecule has 0 atom stereocenters. The Morgan fingerprint density at radius 3 is 2.43 bits per heavy atom. The van der Waals surface area contributed by atoms with Crippen molar-refractivity contribution < 1.29 is 37.3 Å². The van der Waals surface area contributed by atoms with Crippen LogP contribution < -0.4 is 15.6 Å². The Morgan fingerprint density at radius 2 is 1.84 bits per heavy atom. The number of nitrogens with one attached hydrogen (secondary N) is 1. The number of carbonyl (C=O) groups excluding carboxylic acids is 1. The summed E-state index contributed by atoms with van der Waals surface area (Å²) in [7, 11) is 5.74. The van der Waals surface area contributed by atoms with Crippen molar-refractivity contribution in [2.24, 2.45) is 7.05 Å². The van der Waals surface area contributed by atoms with Crippen LogP contribution in [0.4, 0.5) is 13.2 Å². The lowest BCUT2D eigenvalue weighted by Gasteiger charge is -2.11. The largest absolute Gasteiger partial charge is 0.490 e. The molecule has 13 heteroatoms. The quantitative estimate of drug-likeness (QED) is 0.376. The maximum Gasteiger partial charge on any atom is 0.490 e. The Hall–Kier alpha value is -3.16. The predicted octanol–water partition coefficient (Wildman–Crippen LogP) is 3.48. The molecule has 0 radical (unpaired) electrons. The lowest BCUT2D eigenvalue weighted by atomic mass is 10.1. The number of amides is 1. The number of benzene rings is 1. The summed E-state index contributed by atoms with van der Waals surface area (Å²) in [4.78, 5) is 37.5. The van der Waals surface area contributed by atoms with Crippen LogP contribution in [0.25, 0.3) is 21.0 Å². The van der Waals surface area contributed by atoms with Crippen molar-refractivity contribution in [3.8, 4) is 5.75 Å². The highest BCUT2D eigenvalue weighted by Gasteiger charge is 2.38. The van der Waals surface area contributed by atoms with Crippen molar-refractivity contribution in [3.63, 3.8) is 0 Å². The minimum Gasteiger partial charge on any atom is -0.489 e. The highest BCUT2D eigenvalue weighted by atomic mass is 32.1. The number of aryl methyl sites for hydroxylation is 1. The summed E-state index contributed by atoms with van der Waals surface area (Å²) in [5, 5.41) is 11.5. The third-order valence-electron chi connectivity index (χ3n) is 5.09. The number of pyridine rings is 1. The maximum atomic E-state index is 13.1. The Balaban J connectivity index is 0.000000604. The average molecular weight is 546 g/mol. The van der Waals surface area contributed by atoms with Gasteiger partial charge in [-0.1, -0.05) is 18.2 Å². The summed E-state index contributed by atoms with van der Waals surface area (Å²) < 4.78 is 45.4. The van der Waals surface area contributed by atoms with E-state index in [9.17, 15) is 22.8 Å². The topological polar surface area (TPSA) is 110 Å². The van der Waals surface area contributed by atoms with Crippen molar-refractivity contribution in [3.05, 3.63) is 39.5 Å². The number of carboxylic acid groups (broad SMARTS) is 1. The van der Waals surface area contributed by atoms with Crippen molar-refractivity contribution in [2.45, 2.75) is 19.5 Å². The van der Waals surface area contributed by atoms with Gasteiger partial charge in [0.25, 0.3) is 11.5 Å². The van der Waals surface area contributed by atoms with E-state index in [2.05, 4.69) is 10.2 Å². The monoisotopic (exact) mass is 545 g/mol. The van der Waals surface area contributed by atoms with E-state index in [1.165, 1.54) is 11.3 Å². The molecule has 0 aliphatic rings. The zero-order chi connectivity index (χ0) is 27.8. The van der Waals surface area contributed by atoms with Crippen LogP contribution in [-0.2, 0) is 16.6 Å². The van der Waals surface area contributed by atoms with Gasteiger partial charge in [0.2, 0.25) is 0 Å². The number of rotatable bonds is 10. The van der Waals surface area contributed by atoms with E-state index >= 15 is 0 Å². The molecule has 0 fully saturated rings. The number of aromatic nitrogens is 1. The van der Waals surface area contributed by atoms with Crippen LogP contribution in [-0.4, -0.2) is 79.6 Å². The standard InChI is InChI=1S/C22H29N3O4S.C2HF3O2/c1-5-28-13-14-29-18-17-19(15-9-6-7-10-16(15)25(4)22(17)27)30-20(18)21(26)23-11-8-12-24(2)3;3-2(4,5)1(6)7/h6-7,9-10H,5,8,11-14H2,1-4H3,(H,23,26);(H,6,7). The number of alkyl halides is 3. The molecule has 0 bridgehead atoms. The van der Waals surface area contributed by atoms with Crippen LogP contribution in [0.5, 0.6) is 5.75 Å². The Labute approximate surface area is 215 Å². The first kappa shape index (κ1) is 30.1. The minimum absolute atomic E-state index is 0.169. The fraction of sp³-hybridized carbons (Fsp3) is 0.458. The SMILES string of the molecule is CCOCCOc1c(C(=O)NCCCN(C)C)sc2c1c(=O)n(C)c1ccccc21.O=C(O)C(F)(F)F. The second-order valence-corrected chi connectivity index (χ2v) is 9.13. The number of carboxylic acids is 1. The van der Waals surface area contributed by atoms with E-state index in [1.807, 2.05) is 45.3 Å². The van der Waals surface area contributed by atoms with E-state index in [0.29, 0.717) is 35.8 Å². The van der Waals surface area contributed by atoms with Gasteiger partial charge in [-0.15, -0.1) is 11.3 Å². The molecule has 204 valence electrons. The molecule has 3 rings (SSSR count). The number of halogens is 3. The summed E-state index contributed by atoms with van der Waals surface area (Å²) >= 11 is 1.31. The second-order valence-electron chi connectivity index (χ2n) is 8.11. The van der Waals surface area contributed by atoms with E-state index in [4.69, 9.17) is 19.4 Å². The van der Waals surface area contributed by atoms with Gasteiger partial charge in [0.15, 0.2) is 5.75 Å². The number of fused-ring (bicyclic) bond motifs is 3. The summed E-state index contributed by atoms with van der Waals surface area (Å²) in [6.07, 6.45) is -4.24. The van der Waals surface area contributed by atoms with Gasteiger partial charge in [-0.25, -0.2) is 4.79 Å². The Kier molecular flexibility index (Phi) is 10.9. The molecule has 0 saturated heterocycles. The van der Waals surface area contributed by atoms with E-state index < -0.39 is 12.1 Å². The molecule has 9 nitrogen and oxygen atoms in total. The molecule has 1 amide bonds. The highest BCUT2D eigenvalue weighted by Crippen LogP contribution is 2.39. The normalized spacial score (nSPS) is 11.5. The molecule has 0 aliphatic heterocycles. The molecule has 2 heterocycles. The summed E-state index contributed by atoms with van der Waals surface area (Å²) in [5.41, 5.74) is 0.660. The number of thiophene rings is 1. The van der Waals surface area contributed by atoms with E-state index in [-0.39, 0.29) is 18.1 Å². The second kappa shape index (κ2) is 13.4. The molecule has 0 unspecified atom stereocenters. The molecule has 0 spiro atoms. The molecule has 3 aromatic rings. The first-order valence-corrected chi connectivity index (χ1v) is 12.2. The van der Waals surface area contributed by atoms with Gasteiger partial charge in [0, 0.05) is 25.6 Å². The van der Waals surface area contributed by atoms with Gasteiger partial charge < -0.3 is 29.4 Å². The molecule has 0 saturated carbocycles. The van der Waals surface area contributed by atoms with E-state index in [1.54, 1.807) is 11.6 Å². The fourth-order valence-corrected chi connectivity index (χ4v) is 4.53. The Morgan fingerprint density at radius 1 is 1.19 bits per heavy atom. The van der Waals surface area contributed by atoms with E-state index in [0.717, 1.165) is 28.6 Å². The zero-order valence-corrected chi connectivity index (χ0v) is 21.8. The molecule has 37 heavy (non-hydrogen) atoms. The number of hydrogen-bond donors (Lipinski definition) is 2. The van der Waals surface area contributed by atoms with Crippen LogP contribution in [0.3, 0.4) is 0 Å². The van der Waals surface area contributed by atoms with Gasteiger partial charge in [-0.2, -0.15) is 13.2 Å². The van der Waals surface area contributed by atoms with Gasteiger partial charge in [0.05, 0.1) is 16.8 Å². The van der Waals surface area contributed by atoms with Gasteiger partial charge in [-0.3, -0.25) is 9.59 Å². The van der Waals surface area contributed by atoms with Crippen molar-refractivity contribution in [1.29, 1.82) is 0 Å². The van der Waals surface area contributed by atoms with Gasteiger partial charge in [-0.05, 0) is 40.1 Å². The van der Waals surface area contributed by atoms with Crippen LogP contribution in [0, 0.1) is 0 Å². The molecule has 2 N–H and O–H groups in total. The van der Waals surface area contributed by atoms with Crippen molar-refractivity contribution in [2.75, 3.05) is 47.0 Å². The van der Waals surface area contributed by atoms with Crippen LogP contribution >= 0.6 is 11.3 Å². The number of carbonyl (C=O) groups is 2. The highest BCUT2D eigenvalue weighted by molar-refractivity contribution is 7.22. The molecular weight excluding hydrogens is 515 g/mol. The number of nitrogens with zero attached hydrogens (tertiary/aromatic N) is 2. The average Bonchev–Trinajstić information content (AvgIpc) is 3.22. The summed E-state index contributed by atoms with van der Waals surface area (Å²) in [6, 6.07) is 7.71. The van der Waals surface area contributed by atoms with Gasteiger partial charge in [0.1, 0.15) is 16.9 Å². The number of aliphatic carboxylic acids is 1. The number of hydrogen-bond acceptors (Lipinski definition) is 7. The number of ether oxygens (including phenoxy) is 2.